The predicted octanol–water partition coefficient (Wildman–Crippen LogP) is 3.31. The molecule has 1 heterocycles. The van der Waals surface area contributed by atoms with E-state index in [9.17, 15) is 9.18 Å². The van der Waals surface area contributed by atoms with Crippen LogP contribution in [-0.4, -0.2) is 10.9 Å². The first-order valence-electron chi connectivity index (χ1n) is 5.65. The Hall–Kier alpha value is -2.45. The summed E-state index contributed by atoms with van der Waals surface area (Å²) in [4.78, 5) is 16.0. The van der Waals surface area contributed by atoms with E-state index >= 15 is 0 Å². The second-order valence-corrected chi connectivity index (χ2v) is 4.51. The number of nitriles is 1. The highest BCUT2D eigenvalue weighted by Gasteiger charge is 2.13. The number of carbonyl (C=O) groups excluding carboxylic acids is 1. The molecule has 6 heteroatoms. The Morgan fingerprint density at radius 1 is 1.40 bits per heavy atom. The van der Waals surface area contributed by atoms with E-state index in [1.165, 1.54) is 18.2 Å². The van der Waals surface area contributed by atoms with E-state index in [4.69, 9.17) is 16.9 Å². The molecule has 0 saturated carbocycles. The second kappa shape index (κ2) is 5.68. The Bertz CT molecular complexity index is 725. The molecule has 1 aromatic carbocycles. The van der Waals surface area contributed by atoms with Crippen LogP contribution in [0.4, 0.5) is 10.2 Å². The molecule has 0 aliphatic rings. The molecular formula is C14H9ClFN3O. The molecule has 2 rings (SSSR count). The first-order valence-corrected chi connectivity index (χ1v) is 6.02. The standard InChI is InChI=1S/C14H9ClFN3O/c1-8-4-9(7-17)5-13(18-8)19-14(20)11-3-2-10(15)6-12(11)16/h2-6H,1H3,(H,18,19,20). The van der Waals surface area contributed by atoms with Gasteiger partial charge in [0, 0.05) is 10.7 Å². The smallest absolute Gasteiger partial charge is 0.259 e. The van der Waals surface area contributed by atoms with E-state index < -0.39 is 11.7 Å². The average molecular weight is 290 g/mol. The van der Waals surface area contributed by atoms with E-state index in [0.717, 1.165) is 6.07 Å². The van der Waals surface area contributed by atoms with Gasteiger partial charge in [-0.15, -0.1) is 0 Å². The Morgan fingerprint density at radius 2 is 2.15 bits per heavy atom. The number of halogens is 2. The lowest BCUT2D eigenvalue weighted by Crippen LogP contribution is -2.15. The normalized spacial score (nSPS) is 9.90. The van der Waals surface area contributed by atoms with Crippen LogP contribution in [0.2, 0.25) is 5.02 Å². The van der Waals surface area contributed by atoms with Crippen LogP contribution in [0.15, 0.2) is 30.3 Å². The average Bonchev–Trinajstić information content (AvgIpc) is 2.37. The zero-order chi connectivity index (χ0) is 14.7. The van der Waals surface area contributed by atoms with Gasteiger partial charge >= 0.3 is 0 Å². The zero-order valence-electron chi connectivity index (χ0n) is 10.4. The van der Waals surface area contributed by atoms with Gasteiger partial charge in [-0.2, -0.15) is 5.26 Å². The largest absolute Gasteiger partial charge is 0.306 e. The quantitative estimate of drug-likeness (QED) is 0.922. The molecule has 0 aliphatic heterocycles. The molecule has 1 aromatic heterocycles. The Labute approximate surface area is 119 Å². The van der Waals surface area contributed by atoms with Crippen molar-refractivity contribution in [2.45, 2.75) is 6.92 Å². The maximum atomic E-state index is 13.6. The molecule has 2 aromatic rings. The minimum Gasteiger partial charge on any atom is -0.306 e. The number of carbonyl (C=O) groups is 1. The molecule has 0 saturated heterocycles. The van der Waals surface area contributed by atoms with Crippen molar-refractivity contribution in [3.05, 3.63) is 58.0 Å². The minimum absolute atomic E-state index is 0.142. The summed E-state index contributed by atoms with van der Waals surface area (Å²) in [6.07, 6.45) is 0. The molecule has 0 atom stereocenters. The third-order valence-corrected chi connectivity index (χ3v) is 2.73. The van der Waals surface area contributed by atoms with Crippen LogP contribution in [0.25, 0.3) is 0 Å². The van der Waals surface area contributed by atoms with Crippen molar-refractivity contribution in [3.8, 4) is 6.07 Å². The number of rotatable bonds is 2. The first-order chi connectivity index (χ1) is 9.49. The van der Waals surface area contributed by atoms with Crippen LogP contribution >= 0.6 is 11.6 Å². The van der Waals surface area contributed by atoms with Crippen molar-refractivity contribution in [1.29, 1.82) is 5.26 Å². The lowest BCUT2D eigenvalue weighted by Gasteiger charge is -2.07. The number of nitrogens with zero attached hydrogens (tertiary/aromatic N) is 2. The Morgan fingerprint density at radius 3 is 2.80 bits per heavy atom. The molecule has 0 spiro atoms. The third kappa shape index (κ3) is 3.11. The van der Waals surface area contributed by atoms with Crippen LogP contribution < -0.4 is 5.32 Å². The summed E-state index contributed by atoms with van der Waals surface area (Å²) >= 11 is 5.62. The number of pyridine rings is 1. The topological polar surface area (TPSA) is 65.8 Å². The number of benzene rings is 1. The van der Waals surface area contributed by atoms with Crippen molar-refractivity contribution in [1.82, 2.24) is 4.98 Å². The number of aromatic nitrogens is 1. The monoisotopic (exact) mass is 289 g/mol. The van der Waals surface area contributed by atoms with E-state index in [1.54, 1.807) is 13.0 Å². The van der Waals surface area contributed by atoms with Crippen molar-refractivity contribution < 1.29 is 9.18 Å². The molecule has 0 bridgehead atoms. The Kier molecular flexibility index (Phi) is 3.97. The summed E-state index contributed by atoms with van der Waals surface area (Å²) < 4.78 is 13.6. The first kappa shape index (κ1) is 14.0. The summed E-state index contributed by atoms with van der Waals surface area (Å²) in [5.41, 5.74) is 0.802. The lowest BCUT2D eigenvalue weighted by molar-refractivity contribution is 0.102. The van der Waals surface area contributed by atoms with E-state index in [1.807, 2.05) is 6.07 Å². The van der Waals surface area contributed by atoms with Gasteiger partial charge in [0.15, 0.2) is 0 Å². The summed E-state index contributed by atoms with van der Waals surface area (Å²) in [6.45, 7) is 1.69. The second-order valence-electron chi connectivity index (χ2n) is 4.07. The predicted molar refractivity (Wildman–Crippen MR) is 73.1 cm³/mol. The lowest BCUT2D eigenvalue weighted by atomic mass is 10.2. The van der Waals surface area contributed by atoms with Crippen LogP contribution in [-0.2, 0) is 0 Å². The Balaban J connectivity index is 2.28. The van der Waals surface area contributed by atoms with Crippen LogP contribution in [0.3, 0.4) is 0 Å². The summed E-state index contributed by atoms with van der Waals surface area (Å²) in [7, 11) is 0. The highest BCUT2D eigenvalue weighted by Crippen LogP contribution is 2.16. The summed E-state index contributed by atoms with van der Waals surface area (Å²) in [5.74, 6) is -1.18. The van der Waals surface area contributed by atoms with Gasteiger partial charge in [-0.25, -0.2) is 9.37 Å². The van der Waals surface area contributed by atoms with E-state index in [0.29, 0.717) is 11.3 Å². The van der Waals surface area contributed by atoms with Gasteiger partial charge in [0.1, 0.15) is 11.6 Å². The number of aryl methyl sites for hydroxylation is 1. The van der Waals surface area contributed by atoms with Crippen LogP contribution in [0, 0.1) is 24.1 Å². The molecule has 0 unspecified atom stereocenters. The van der Waals surface area contributed by atoms with Crippen molar-refractivity contribution >= 4 is 23.3 Å². The number of anilines is 1. The van der Waals surface area contributed by atoms with Gasteiger partial charge in [-0.05, 0) is 37.3 Å². The van der Waals surface area contributed by atoms with E-state index in [-0.39, 0.29) is 16.4 Å². The van der Waals surface area contributed by atoms with Gasteiger partial charge in [-0.3, -0.25) is 4.79 Å². The van der Waals surface area contributed by atoms with Gasteiger partial charge in [0.2, 0.25) is 0 Å². The van der Waals surface area contributed by atoms with Gasteiger partial charge < -0.3 is 5.32 Å². The van der Waals surface area contributed by atoms with Crippen LogP contribution in [0.5, 0.6) is 0 Å². The van der Waals surface area contributed by atoms with Crippen molar-refractivity contribution in [2.24, 2.45) is 0 Å². The van der Waals surface area contributed by atoms with Gasteiger partial charge in [-0.1, -0.05) is 11.6 Å². The molecule has 4 nitrogen and oxygen atoms in total. The number of hydrogen-bond acceptors (Lipinski definition) is 3. The highest BCUT2D eigenvalue weighted by atomic mass is 35.5. The summed E-state index contributed by atoms with van der Waals surface area (Å²) in [6, 6.07) is 8.72. The number of hydrogen-bond donors (Lipinski definition) is 1. The number of nitrogens with one attached hydrogen (secondary N) is 1. The molecule has 100 valence electrons. The fourth-order valence-electron chi connectivity index (χ4n) is 1.65. The molecule has 1 amide bonds. The number of amides is 1. The molecular weight excluding hydrogens is 281 g/mol. The van der Waals surface area contributed by atoms with Gasteiger partial charge in [0.25, 0.3) is 5.91 Å². The summed E-state index contributed by atoms with van der Waals surface area (Å²) in [5, 5.41) is 11.5. The van der Waals surface area contributed by atoms with E-state index in [2.05, 4.69) is 10.3 Å². The molecule has 20 heavy (non-hydrogen) atoms. The van der Waals surface area contributed by atoms with Crippen LogP contribution in [0.1, 0.15) is 21.6 Å². The maximum absolute atomic E-state index is 13.6. The van der Waals surface area contributed by atoms with Crippen molar-refractivity contribution in [2.75, 3.05) is 5.32 Å². The maximum Gasteiger partial charge on any atom is 0.259 e. The van der Waals surface area contributed by atoms with Gasteiger partial charge in [0.05, 0.1) is 17.2 Å². The molecule has 1 N–H and O–H groups in total. The fourth-order valence-corrected chi connectivity index (χ4v) is 1.81. The minimum atomic E-state index is -0.719. The molecule has 0 aliphatic carbocycles. The zero-order valence-corrected chi connectivity index (χ0v) is 11.2. The SMILES string of the molecule is Cc1cc(C#N)cc(NC(=O)c2ccc(Cl)cc2F)n1. The molecule has 0 radical (unpaired) electrons. The fraction of sp³-hybridized carbons (Fsp3) is 0.0714. The highest BCUT2D eigenvalue weighted by molar-refractivity contribution is 6.30. The molecule has 0 fully saturated rings. The third-order valence-electron chi connectivity index (χ3n) is 2.50. The van der Waals surface area contributed by atoms with Crippen molar-refractivity contribution in [3.63, 3.8) is 0 Å².